The third-order valence-electron chi connectivity index (χ3n) is 5.53. The normalized spacial score (nSPS) is 14.2. The number of aryl methyl sites for hydroxylation is 1. The second kappa shape index (κ2) is 7.35. The van der Waals surface area contributed by atoms with E-state index in [0.717, 1.165) is 6.42 Å². The van der Waals surface area contributed by atoms with Crippen LogP contribution in [0.3, 0.4) is 0 Å². The molecular weight excluding hydrogens is 369 g/mol. The van der Waals surface area contributed by atoms with E-state index in [2.05, 4.69) is 19.2 Å². The zero-order valence-electron chi connectivity index (χ0n) is 16.8. The lowest BCUT2D eigenvalue weighted by Gasteiger charge is -2.18. The van der Waals surface area contributed by atoms with E-state index in [1.807, 2.05) is 24.3 Å². The van der Waals surface area contributed by atoms with Crippen LogP contribution in [-0.2, 0) is 11.8 Å². The van der Waals surface area contributed by atoms with Crippen LogP contribution in [0.25, 0.3) is 10.9 Å². The van der Waals surface area contributed by atoms with Crippen molar-refractivity contribution in [1.82, 2.24) is 4.57 Å². The van der Waals surface area contributed by atoms with Gasteiger partial charge in [-0.05, 0) is 48.2 Å². The number of nitrogens with one attached hydrogen (secondary N) is 1. The molecule has 0 aliphatic carbocycles. The molecule has 1 aliphatic heterocycles. The van der Waals surface area contributed by atoms with Crippen molar-refractivity contribution in [1.29, 1.82) is 0 Å². The van der Waals surface area contributed by atoms with E-state index >= 15 is 0 Å². The van der Waals surface area contributed by atoms with Crippen LogP contribution in [-0.4, -0.2) is 22.9 Å². The van der Waals surface area contributed by atoms with Crippen LogP contribution in [0.15, 0.2) is 42.5 Å². The number of carbonyl (C=O) groups excluding carboxylic acids is 2. The summed E-state index contributed by atoms with van der Waals surface area (Å²) in [5.74, 6) is -0.360. The summed E-state index contributed by atoms with van der Waals surface area (Å²) in [4.78, 5) is 27.3. The summed E-state index contributed by atoms with van der Waals surface area (Å²) in [5.41, 5.74) is 3.41. The number of fused-ring (bicyclic) bond motifs is 1. The summed E-state index contributed by atoms with van der Waals surface area (Å²) in [5, 5.41) is 3.50. The van der Waals surface area contributed by atoms with E-state index in [4.69, 9.17) is 0 Å². The molecule has 1 N–H and O–H groups in total. The van der Waals surface area contributed by atoms with Gasteiger partial charge in [0.2, 0.25) is 5.91 Å². The molecule has 0 bridgehead atoms. The van der Waals surface area contributed by atoms with Gasteiger partial charge in [-0.3, -0.25) is 9.59 Å². The molecule has 1 fully saturated rings. The number of halogens is 1. The fourth-order valence-electron chi connectivity index (χ4n) is 3.96. The Balaban J connectivity index is 1.78. The van der Waals surface area contributed by atoms with Gasteiger partial charge < -0.3 is 14.8 Å². The maximum atomic E-state index is 14.0. The van der Waals surface area contributed by atoms with Crippen LogP contribution in [0.1, 0.15) is 48.7 Å². The Morgan fingerprint density at radius 3 is 2.48 bits per heavy atom. The van der Waals surface area contributed by atoms with Crippen LogP contribution in [0.5, 0.6) is 0 Å². The molecule has 1 aliphatic rings. The van der Waals surface area contributed by atoms with E-state index in [1.54, 1.807) is 22.6 Å². The second-order valence-electron chi connectivity index (χ2n) is 7.80. The van der Waals surface area contributed by atoms with E-state index in [0.29, 0.717) is 46.9 Å². The summed E-state index contributed by atoms with van der Waals surface area (Å²) >= 11 is 0. The summed E-state index contributed by atoms with van der Waals surface area (Å²) in [7, 11) is 1.76. The SMILES string of the molecule is CC(C)c1ccc(NC(=O)c2c(N3CCCC3=O)c3cc(F)ccc3n2C)cc1. The molecule has 4 rings (SSSR count). The van der Waals surface area contributed by atoms with Crippen molar-refractivity contribution in [3.63, 3.8) is 0 Å². The topological polar surface area (TPSA) is 54.3 Å². The Kier molecular flexibility index (Phi) is 4.86. The third-order valence-corrected chi connectivity index (χ3v) is 5.53. The van der Waals surface area contributed by atoms with Gasteiger partial charge in [-0.1, -0.05) is 26.0 Å². The smallest absolute Gasteiger partial charge is 0.274 e. The quantitative estimate of drug-likeness (QED) is 0.691. The average Bonchev–Trinajstić information content (AvgIpc) is 3.22. The van der Waals surface area contributed by atoms with Gasteiger partial charge in [0.05, 0.1) is 11.2 Å². The predicted molar refractivity (Wildman–Crippen MR) is 113 cm³/mol. The Hall–Kier alpha value is -3.15. The van der Waals surface area contributed by atoms with Crippen molar-refractivity contribution in [2.24, 2.45) is 7.05 Å². The molecule has 1 saturated heterocycles. The van der Waals surface area contributed by atoms with Gasteiger partial charge >= 0.3 is 0 Å². The third kappa shape index (κ3) is 3.39. The Morgan fingerprint density at radius 1 is 1.14 bits per heavy atom. The number of benzene rings is 2. The fourth-order valence-corrected chi connectivity index (χ4v) is 3.96. The fraction of sp³-hybridized carbons (Fsp3) is 0.304. The van der Waals surface area contributed by atoms with Gasteiger partial charge in [-0.25, -0.2) is 4.39 Å². The number of rotatable bonds is 4. The minimum Gasteiger partial charge on any atom is -0.338 e. The summed E-state index contributed by atoms with van der Waals surface area (Å²) in [6.07, 6.45) is 1.16. The molecule has 2 heterocycles. The predicted octanol–water partition coefficient (Wildman–Crippen LogP) is 4.82. The van der Waals surface area contributed by atoms with E-state index in [1.165, 1.54) is 17.7 Å². The molecule has 0 atom stereocenters. The molecular formula is C23H24FN3O2. The number of hydrogen-bond donors (Lipinski definition) is 1. The lowest BCUT2D eigenvalue weighted by molar-refractivity contribution is -0.117. The van der Waals surface area contributed by atoms with Crippen molar-refractivity contribution in [3.05, 3.63) is 59.5 Å². The molecule has 0 spiro atoms. The van der Waals surface area contributed by atoms with Gasteiger partial charge in [0, 0.05) is 31.1 Å². The first-order chi connectivity index (χ1) is 13.9. The number of hydrogen-bond acceptors (Lipinski definition) is 2. The maximum absolute atomic E-state index is 14.0. The first kappa shape index (κ1) is 19.2. The summed E-state index contributed by atoms with van der Waals surface area (Å²) < 4.78 is 15.7. The number of anilines is 2. The molecule has 1 aromatic heterocycles. The van der Waals surface area contributed by atoms with Gasteiger partial charge in [-0.15, -0.1) is 0 Å². The van der Waals surface area contributed by atoms with Gasteiger partial charge in [-0.2, -0.15) is 0 Å². The van der Waals surface area contributed by atoms with Crippen LogP contribution in [0.4, 0.5) is 15.8 Å². The minimum absolute atomic E-state index is 0.0444. The molecule has 150 valence electrons. The summed E-state index contributed by atoms with van der Waals surface area (Å²) in [6.45, 7) is 4.75. The van der Waals surface area contributed by atoms with Gasteiger partial charge in [0.15, 0.2) is 0 Å². The highest BCUT2D eigenvalue weighted by atomic mass is 19.1. The van der Waals surface area contributed by atoms with Crippen molar-refractivity contribution < 1.29 is 14.0 Å². The Labute approximate surface area is 169 Å². The first-order valence-electron chi connectivity index (χ1n) is 9.86. The van der Waals surface area contributed by atoms with Crippen molar-refractivity contribution in [2.75, 3.05) is 16.8 Å². The molecule has 2 amide bonds. The van der Waals surface area contributed by atoms with Crippen LogP contribution < -0.4 is 10.2 Å². The monoisotopic (exact) mass is 393 g/mol. The van der Waals surface area contributed by atoms with Crippen molar-refractivity contribution in [2.45, 2.75) is 32.6 Å². The van der Waals surface area contributed by atoms with Gasteiger partial charge in [0.25, 0.3) is 5.91 Å². The zero-order chi connectivity index (χ0) is 20.7. The van der Waals surface area contributed by atoms with Crippen molar-refractivity contribution in [3.8, 4) is 0 Å². The molecule has 29 heavy (non-hydrogen) atoms. The number of carbonyl (C=O) groups is 2. The summed E-state index contributed by atoms with van der Waals surface area (Å²) in [6, 6.07) is 12.1. The number of amides is 2. The lowest BCUT2D eigenvalue weighted by atomic mass is 10.0. The van der Waals surface area contributed by atoms with E-state index < -0.39 is 5.82 Å². The largest absolute Gasteiger partial charge is 0.338 e. The van der Waals surface area contributed by atoms with Gasteiger partial charge in [0.1, 0.15) is 11.5 Å². The highest BCUT2D eigenvalue weighted by Gasteiger charge is 2.31. The Bertz CT molecular complexity index is 1100. The molecule has 6 heteroatoms. The molecule has 0 unspecified atom stereocenters. The standard InChI is InChI=1S/C23H24FN3O2/c1-14(2)15-6-9-17(10-7-15)25-23(29)22-21(27-12-4-5-20(27)28)18-13-16(24)8-11-19(18)26(22)3/h6-11,13-14H,4-5,12H2,1-3H3,(H,25,29). The minimum atomic E-state index is -0.396. The van der Waals surface area contributed by atoms with Crippen molar-refractivity contribution >= 4 is 34.1 Å². The molecule has 0 radical (unpaired) electrons. The molecule has 0 saturated carbocycles. The second-order valence-corrected chi connectivity index (χ2v) is 7.80. The zero-order valence-corrected chi connectivity index (χ0v) is 16.8. The maximum Gasteiger partial charge on any atom is 0.274 e. The lowest BCUT2D eigenvalue weighted by Crippen LogP contribution is -2.27. The van der Waals surface area contributed by atoms with E-state index in [9.17, 15) is 14.0 Å². The van der Waals surface area contributed by atoms with E-state index in [-0.39, 0.29) is 11.8 Å². The molecule has 3 aromatic rings. The highest BCUT2D eigenvalue weighted by Crippen LogP contribution is 2.36. The average molecular weight is 393 g/mol. The molecule has 2 aromatic carbocycles. The van der Waals surface area contributed by atoms with Crippen LogP contribution >= 0.6 is 0 Å². The highest BCUT2D eigenvalue weighted by molar-refractivity contribution is 6.17. The Morgan fingerprint density at radius 2 is 1.86 bits per heavy atom. The number of nitrogens with zero attached hydrogens (tertiary/aromatic N) is 2. The number of aromatic nitrogens is 1. The van der Waals surface area contributed by atoms with Crippen LogP contribution in [0, 0.1) is 5.82 Å². The first-order valence-corrected chi connectivity index (χ1v) is 9.86. The van der Waals surface area contributed by atoms with Crippen LogP contribution in [0.2, 0.25) is 0 Å². The molecule has 5 nitrogen and oxygen atoms in total.